The first-order valence-electron chi connectivity index (χ1n) is 9.35. The third-order valence-electron chi connectivity index (χ3n) is 4.99. The highest BCUT2D eigenvalue weighted by molar-refractivity contribution is 8.00. The van der Waals surface area contributed by atoms with Crippen LogP contribution < -0.4 is 5.32 Å². The van der Waals surface area contributed by atoms with Crippen LogP contribution in [0.4, 0.5) is 19.0 Å². The molecule has 1 amide bonds. The standard InChI is InChI=1S/C21H15F3N4OS2/c1-11-17-18(12-5-4-6-13(9-12)21(22,23)24)30-10-16(29)26-19(17)28(27-11)20-25-14-7-2-3-8-15(14)31-20/h2-9,18H,10H2,1H3,(H,26,29)/t18-/m1/s1. The predicted octanol–water partition coefficient (Wildman–Crippen LogP) is 5.58. The highest BCUT2D eigenvalue weighted by Crippen LogP contribution is 2.45. The van der Waals surface area contributed by atoms with Crippen LogP contribution in [0.2, 0.25) is 0 Å². The number of alkyl halides is 3. The van der Waals surface area contributed by atoms with Crippen molar-refractivity contribution in [1.82, 2.24) is 14.8 Å². The van der Waals surface area contributed by atoms with Crippen molar-refractivity contribution in [2.75, 3.05) is 11.1 Å². The van der Waals surface area contributed by atoms with Gasteiger partial charge in [-0.25, -0.2) is 4.98 Å². The Bertz CT molecular complexity index is 1280. The molecule has 1 N–H and O–H groups in total. The van der Waals surface area contributed by atoms with Crippen molar-refractivity contribution in [2.45, 2.75) is 18.3 Å². The zero-order valence-electron chi connectivity index (χ0n) is 16.1. The molecule has 2 aromatic heterocycles. The lowest BCUT2D eigenvalue weighted by atomic mass is 10.0. The minimum absolute atomic E-state index is 0.120. The number of anilines is 1. The van der Waals surface area contributed by atoms with Crippen LogP contribution in [0.5, 0.6) is 0 Å². The van der Waals surface area contributed by atoms with Crippen LogP contribution in [0, 0.1) is 6.92 Å². The topological polar surface area (TPSA) is 59.8 Å². The van der Waals surface area contributed by atoms with E-state index in [0.717, 1.165) is 22.3 Å². The van der Waals surface area contributed by atoms with Crippen LogP contribution in [0.1, 0.15) is 27.6 Å². The second-order valence-electron chi connectivity index (χ2n) is 7.09. The lowest BCUT2D eigenvalue weighted by molar-refractivity contribution is -0.137. The number of hydrogen-bond acceptors (Lipinski definition) is 5. The van der Waals surface area contributed by atoms with Gasteiger partial charge in [-0.1, -0.05) is 41.7 Å². The molecule has 4 aromatic rings. The molecule has 0 unspecified atom stereocenters. The first kappa shape index (κ1) is 20.1. The SMILES string of the molecule is Cc1nn(-c2nc3ccccc3s2)c2c1[C@@H](c1cccc(C(F)(F)F)c1)SCC(=O)N2. The molecule has 0 saturated heterocycles. The average Bonchev–Trinajstić information content (AvgIpc) is 3.24. The molecule has 1 aliphatic rings. The Kier molecular flexibility index (Phi) is 4.78. The Hall–Kier alpha value is -2.85. The number of aromatic nitrogens is 3. The van der Waals surface area contributed by atoms with Crippen molar-refractivity contribution >= 4 is 45.0 Å². The number of nitrogens with one attached hydrogen (secondary N) is 1. The van der Waals surface area contributed by atoms with Gasteiger partial charge in [0.1, 0.15) is 5.82 Å². The molecule has 1 atom stereocenters. The van der Waals surface area contributed by atoms with Crippen molar-refractivity contribution in [3.05, 3.63) is 70.9 Å². The van der Waals surface area contributed by atoms with Gasteiger partial charge >= 0.3 is 6.18 Å². The third kappa shape index (κ3) is 3.59. The number of halogens is 3. The van der Waals surface area contributed by atoms with Crippen LogP contribution in [-0.2, 0) is 11.0 Å². The lowest BCUT2D eigenvalue weighted by Gasteiger charge is -2.17. The zero-order valence-corrected chi connectivity index (χ0v) is 17.7. The summed E-state index contributed by atoms with van der Waals surface area (Å²) >= 11 is 2.72. The van der Waals surface area contributed by atoms with Crippen LogP contribution >= 0.6 is 23.1 Å². The van der Waals surface area contributed by atoms with Crippen LogP contribution in [0.15, 0.2) is 48.5 Å². The Balaban J connectivity index is 1.67. The molecule has 2 aromatic carbocycles. The summed E-state index contributed by atoms with van der Waals surface area (Å²) in [6, 6.07) is 12.9. The summed E-state index contributed by atoms with van der Waals surface area (Å²) in [7, 11) is 0. The highest BCUT2D eigenvalue weighted by atomic mass is 32.2. The number of carbonyl (C=O) groups excluding carboxylic acids is 1. The van der Waals surface area contributed by atoms with Crippen LogP contribution in [0.25, 0.3) is 15.3 Å². The summed E-state index contributed by atoms with van der Waals surface area (Å²) in [6.45, 7) is 1.79. The van der Waals surface area contributed by atoms with Gasteiger partial charge in [0.25, 0.3) is 0 Å². The molecular weight excluding hydrogens is 445 g/mol. The van der Waals surface area contributed by atoms with Crippen molar-refractivity contribution in [1.29, 1.82) is 0 Å². The van der Waals surface area contributed by atoms with E-state index in [4.69, 9.17) is 0 Å². The lowest BCUT2D eigenvalue weighted by Crippen LogP contribution is -2.15. The maximum absolute atomic E-state index is 13.3. The van der Waals surface area contributed by atoms with E-state index in [2.05, 4.69) is 15.4 Å². The minimum Gasteiger partial charge on any atom is -0.310 e. The molecule has 0 radical (unpaired) electrons. The van der Waals surface area contributed by atoms with Crippen molar-refractivity contribution < 1.29 is 18.0 Å². The fourth-order valence-corrected chi connectivity index (χ4v) is 5.72. The van der Waals surface area contributed by atoms with E-state index < -0.39 is 17.0 Å². The molecule has 10 heteroatoms. The number of aryl methyl sites for hydroxylation is 1. The number of thioether (sulfide) groups is 1. The molecule has 0 saturated carbocycles. The molecule has 5 rings (SSSR count). The Morgan fingerprint density at radius 3 is 2.74 bits per heavy atom. The quantitative estimate of drug-likeness (QED) is 0.424. The largest absolute Gasteiger partial charge is 0.416 e. The van der Waals surface area contributed by atoms with E-state index in [-0.39, 0.29) is 11.7 Å². The first-order chi connectivity index (χ1) is 14.8. The van der Waals surface area contributed by atoms with Gasteiger partial charge in [0.2, 0.25) is 11.0 Å². The number of nitrogens with zero attached hydrogens (tertiary/aromatic N) is 3. The first-order valence-corrected chi connectivity index (χ1v) is 11.2. The number of para-hydroxylation sites is 1. The fourth-order valence-electron chi connectivity index (χ4n) is 3.61. The minimum atomic E-state index is -4.44. The van der Waals surface area contributed by atoms with Crippen molar-refractivity contribution in [3.8, 4) is 5.13 Å². The van der Waals surface area contributed by atoms with E-state index in [0.29, 0.717) is 27.8 Å². The predicted molar refractivity (Wildman–Crippen MR) is 116 cm³/mol. The summed E-state index contributed by atoms with van der Waals surface area (Å²) in [5.74, 6) is 0.339. The molecule has 0 aliphatic carbocycles. The molecule has 31 heavy (non-hydrogen) atoms. The number of thiazole rings is 1. The maximum Gasteiger partial charge on any atom is 0.416 e. The monoisotopic (exact) mass is 460 g/mol. The van der Waals surface area contributed by atoms with Crippen LogP contribution in [0.3, 0.4) is 0 Å². The van der Waals surface area contributed by atoms with E-state index >= 15 is 0 Å². The molecule has 0 fully saturated rings. The van der Waals surface area contributed by atoms with Crippen LogP contribution in [-0.4, -0.2) is 26.4 Å². The Morgan fingerprint density at radius 1 is 1.16 bits per heavy atom. The van der Waals surface area contributed by atoms with Gasteiger partial charge in [0.15, 0.2) is 0 Å². The number of fused-ring (bicyclic) bond motifs is 2. The number of carbonyl (C=O) groups is 1. The summed E-state index contributed by atoms with van der Waals surface area (Å²) < 4.78 is 42.4. The highest BCUT2D eigenvalue weighted by Gasteiger charge is 2.34. The van der Waals surface area contributed by atoms with Gasteiger partial charge in [-0.2, -0.15) is 23.0 Å². The van der Waals surface area contributed by atoms with Gasteiger partial charge in [-0.15, -0.1) is 11.8 Å². The number of benzene rings is 2. The number of rotatable bonds is 2. The van der Waals surface area contributed by atoms with Crippen molar-refractivity contribution in [3.63, 3.8) is 0 Å². The summed E-state index contributed by atoms with van der Waals surface area (Å²) in [6.07, 6.45) is -4.44. The van der Waals surface area contributed by atoms with E-state index in [1.165, 1.54) is 29.2 Å². The summed E-state index contributed by atoms with van der Waals surface area (Å²) in [5.41, 5.74) is 1.89. The van der Waals surface area contributed by atoms with E-state index in [1.54, 1.807) is 17.7 Å². The fraction of sp³-hybridized carbons (Fsp3) is 0.190. The molecule has 1 aliphatic heterocycles. The number of hydrogen-bond donors (Lipinski definition) is 1. The molecule has 0 bridgehead atoms. The second kappa shape index (κ2) is 7.38. The Morgan fingerprint density at radius 2 is 1.97 bits per heavy atom. The van der Waals surface area contributed by atoms with E-state index in [1.807, 2.05) is 24.3 Å². The summed E-state index contributed by atoms with van der Waals surface area (Å²) in [4.78, 5) is 17.1. The smallest absolute Gasteiger partial charge is 0.310 e. The Labute approximate surface area is 183 Å². The van der Waals surface area contributed by atoms with Gasteiger partial charge < -0.3 is 5.32 Å². The molecule has 158 valence electrons. The van der Waals surface area contributed by atoms with Gasteiger partial charge in [-0.05, 0) is 30.7 Å². The molecule has 3 heterocycles. The third-order valence-corrected chi connectivity index (χ3v) is 7.27. The van der Waals surface area contributed by atoms with Gasteiger partial charge in [0, 0.05) is 5.56 Å². The maximum atomic E-state index is 13.3. The van der Waals surface area contributed by atoms with Gasteiger partial charge in [0.05, 0.1) is 32.5 Å². The average molecular weight is 461 g/mol. The second-order valence-corrected chi connectivity index (χ2v) is 9.19. The normalized spacial score (nSPS) is 16.8. The van der Waals surface area contributed by atoms with Gasteiger partial charge in [-0.3, -0.25) is 4.79 Å². The van der Waals surface area contributed by atoms with E-state index in [9.17, 15) is 18.0 Å². The summed E-state index contributed by atoms with van der Waals surface area (Å²) in [5, 5.41) is 7.59. The molecule has 0 spiro atoms. The zero-order chi connectivity index (χ0) is 21.8. The molecule has 5 nitrogen and oxygen atoms in total. The molecular formula is C21H15F3N4OS2. The number of amides is 1. The van der Waals surface area contributed by atoms with Crippen molar-refractivity contribution in [2.24, 2.45) is 0 Å².